The van der Waals surface area contributed by atoms with Crippen molar-refractivity contribution in [3.8, 4) is 11.1 Å². The van der Waals surface area contributed by atoms with Gasteiger partial charge in [-0.25, -0.2) is 9.18 Å². The first kappa shape index (κ1) is 16.8. The Hall–Kier alpha value is -2.56. The zero-order valence-corrected chi connectivity index (χ0v) is 13.5. The van der Waals surface area contributed by atoms with Crippen molar-refractivity contribution in [1.29, 1.82) is 0 Å². The van der Waals surface area contributed by atoms with Crippen LogP contribution in [0, 0.1) is 5.82 Å². The van der Waals surface area contributed by atoms with E-state index in [4.69, 9.17) is 10.5 Å². The number of carbonyl (C=O) groups excluding carboxylic acids is 1. The molecule has 5 heteroatoms. The third kappa shape index (κ3) is 4.98. The summed E-state index contributed by atoms with van der Waals surface area (Å²) in [7, 11) is 0. The minimum atomic E-state index is -0.525. The highest BCUT2D eigenvalue weighted by atomic mass is 19.1. The lowest BCUT2D eigenvalue weighted by atomic mass is 10.0. The first-order chi connectivity index (χ1) is 10.7. The Labute approximate surface area is 135 Å². The van der Waals surface area contributed by atoms with Crippen molar-refractivity contribution in [3.05, 3.63) is 53.8 Å². The minimum Gasteiger partial charge on any atom is -0.444 e. The van der Waals surface area contributed by atoms with Gasteiger partial charge in [0.1, 0.15) is 11.4 Å². The second-order valence-corrected chi connectivity index (χ2v) is 6.28. The minimum absolute atomic E-state index is 0.329. The highest BCUT2D eigenvalue weighted by Crippen LogP contribution is 2.26. The summed E-state index contributed by atoms with van der Waals surface area (Å²) < 4.78 is 18.5. The van der Waals surface area contributed by atoms with Gasteiger partial charge in [-0.3, -0.25) is 0 Å². The van der Waals surface area contributed by atoms with Crippen molar-refractivity contribution >= 4 is 11.8 Å². The Morgan fingerprint density at radius 1 is 1.17 bits per heavy atom. The van der Waals surface area contributed by atoms with Crippen molar-refractivity contribution in [1.82, 2.24) is 5.32 Å². The van der Waals surface area contributed by atoms with Crippen LogP contribution >= 0.6 is 0 Å². The van der Waals surface area contributed by atoms with Gasteiger partial charge in [0.2, 0.25) is 0 Å². The van der Waals surface area contributed by atoms with Crippen LogP contribution in [-0.4, -0.2) is 11.7 Å². The van der Waals surface area contributed by atoms with Gasteiger partial charge < -0.3 is 15.8 Å². The maximum Gasteiger partial charge on any atom is 0.407 e. The highest BCUT2D eigenvalue weighted by molar-refractivity contribution is 5.76. The molecule has 4 nitrogen and oxygen atoms in total. The first-order valence-electron chi connectivity index (χ1n) is 7.36. The molecule has 23 heavy (non-hydrogen) atoms. The molecule has 0 fully saturated rings. The summed E-state index contributed by atoms with van der Waals surface area (Å²) in [6, 6.07) is 11.7. The number of benzene rings is 2. The number of ether oxygens (including phenoxy) is 1. The zero-order valence-electron chi connectivity index (χ0n) is 13.5. The quantitative estimate of drug-likeness (QED) is 0.838. The van der Waals surface area contributed by atoms with Crippen molar-refractivity contribution in [3.63, 3.8) is 0 Å². The molecule has 0 aliphatic heterocycles. The van der Waals surface area contributed by atoms with Crippen molar-refractivity contribution in [2.75, 3.05) is 5.73 Å². The lowest BCUT2D eigenvalue weighted by Crippen LogP contribution is -2.32. The van der Waals surface area contributed by atoms with E-state index in [-0.39, 0.29) is 5.82 Å². The predicted octanol–water partition coefficient (Wildman–Crippen LogP) is 4.10. The fourth-order valence-electron chi connectivity index (χ4n) is 2.07. The number of hydrogen-bond acceptors (Lipinski definition) is 3. The molecular weight excluding hydrogens is 295 g/mol. The number of amides is 1. The zero-order chi connectivity index (χ0) is 17.0. The molecule has 122 valence electrons. The van der Waals surface area contributed by atoms with Crippen LogP contribution in [0.4, 0.5) is 14.9 Å². The summed E-state index contributed by atoms with van der Waals surface area (Å²) in [4.78, 5) is 11.6. The van der Waals surface area contributed by atoms with E-state index in [0.717, 1.165) is 11.1 Å². The van der Waals surface area contributed by atoms with Gasteiger partial charge in [0.25, 0.3) is 0 Å². The molecule has 0 aromatic heterocycles. The lowest BCUT2D eigenvalue weighted by molar-refractivity contribution is 0.0523. The molecule has 0 saturated heterocycles. The van der Waals surface area contributed by atoms with Crippen LogP contribution in [0.5, 0.6) is 0 Å². The van der Waals surface area contributed by atoms with E-state index in [1.54, 1.807) is 6.07 Å². The summed E-state index contributed by atoms with van der Waals surface area (Å²) in [5.41, 5.74) is 8.25. The second-order valence-electron chi connectivity index (χ2n) is 6.28. The number of carbonyl (C=O) groups is 1. The number of nitrogens with two attached hydrogens (primary N) is 1. The van der Waals surface area contributed by atoms with Gasteiger partial charge in [-0.1, -0.05) is 24.3 Å². The highest BCUT2D eigenvalue weighted by Gasteiger charge is 2.15. The average Bonchev–Trinajstić information content (AvgIpc) is 2.46. The average molecular weight is 316 g/mol. The fraction of sp³-hybridized carbons (Fsp3) is 0.278. The molecule has 0 saturated carbocycles. The third-order valence-electron chi connectivity index (χ3n) is 3.12. The Morgan fingerprint density at radius 3 is 2.43 bits per heavy atom. The standard InChI is InChI=1S/C18H21FN2O2/c1-18(2,3)23-17(22)21-11-12-4-6-13(7-5-12)15-10-14(19)8-9-16(15)20/h4-10H,11,20H2,1-3H3,(H,21,22). The molecule has 2 rings (SSSR count). The van der Waals surface area contributed by atoms with Crippen molar-refractivity contribution < 1.29 is 13.9 Å². The molecule has 0 aliphatic carbocycles. The molecule has 2 aromatic carbocycles. The molecule has 0 spiro atoms. The number of anilines is 1. The molecule has 0 atom stereocenters. The van der Waals surface area contributed by atoms with E-state index in [1.807, 2.05) is 45.0 Å². The van der Waals surface area contributed by atoms with Crippen LogP contribution in [0.2, 0.25) is 0 Å². The normalized spacial score (nSPS) is 11.1. The lowest BCUT2D eigenvalue weighted by Gasteiger charge is -2.19. The van der Waals surface area contributed by atoms with E-state index < -0.39 is 11.7 Å². The first-order valence-corrected chi connectivity index (χ1v) is 7.36. The molecule has 2 aromatic rings. The van der Waals surface area contributed by atoms with Crippen LogP contribution in [-0.2, 0) is 11.3 Å². The number of nitrogen functional groups attached to an aromatic ring is 1. The monoisotopic (exact) mass is 316 g/mol. The third-order valence-corrected chi connectivity index (χ3v) is 3.12. The van der Waals surface area contributed by atoms with Crippen LogP contribution in [0.25, 0.3) is 11.1 Å². The molecule has 0 aliphatic rings. The Bertz CT molecular complexity index is 691. The fourth-order valence-corrected chi connectivity index (χ4v) is 2.07. The van der Waals surface area contributed by atoms with Gasteiger partial charge >= 0.3 is 6.09 Å². The van der Waals surface area contributed by atoms with Crippen molar-refractivity contribution in [2.24, 2.45) is 0 Å². The number of hydrogen-bond donors (Lipinski definition) is 2. The summed E-state index contributed by atoms with van der Waals surface area (Å²) in [6.45, 7) is 5.79. The molecule has 0 unspecified atom stereocenters. The van der Waals surface area contributed by atoms with Crippen LogP contribution in [0.1, 0.15) is 26.3 Å². The van der Waals surface area contributed by atoms with E-state index in [2.05, 4.69) is 5.32 Å². The van der Waals surface area contributed by atoms with Gasteiger partial charge in [-0.2, -0.15) is 0 Å². The molecule has 0 bridgehead atoms. The number of nitrogens with one attached hydrogen (secondary N) is 1. The SMILES string of the molecule is CC(C)(C)OC(=O)NCc1ccc(-c2cc(F)ccc2N)cc1. The summed E-state index contributed by atoms with van der Waals surface area (Å²) in [5.74, 6) is -0.329. The van der Waals surface area contributed by atoms with E-state index in [1.165, 1.54) is 12.1 Å². The van der Waals surface area contributed by atoms with Gasteiger partial charge in [0.15, 0.2) is 0 Å². The van der Waals surface area contributed by atoms with Crippen molar-refractivity contribution in [2.45, 2.75) is 32.9 Å². The Balaban J connectivity index is 2.03. The largest absolute Gasteiger partial charge is 0.444 e. The molecule has 1 amide bonds. The summed E-state index contributed by atoms with van der Waals surface area (Å²) >= 11 is 0. The molecule has 0 radical (unpaired) electrons. The maximum absolute atomic E-state index is 13.3. The van der Waals surface area contributed by atoms with E-state index in [0.29, 0.717) is 17.8 Å². The van der Waals surface area contributed by atoms with E-state index in [9.17, 15) is 9.18 Å². The molecule has 0 heterocycles. The predicted molar refractivity (Wildman–Crippen MR) is 89.3 cm³/mol. The smallest absolute Gasteiger partial charge is 0.407 e. The Morgan fingerprint density at radius 2 is 1.83 bits per heavy atom. The Kier molecular flexibility index (Phi) is 4.89. The van der Waals surface area contributed by atoms with Crippen LogP contribution in [0.15, 0.2) is 42.5 Å². The van der Waals surface area contributed by atoms with Gasteiger partial charge in [-0.05, 0) is 50.1 Å². The summed E-state index contributed by atoms with van der Waals surface area (Å²) in [5, 5.41) is 2.69. The maximum atomic E-state index is 13.3. The molecular formula is C18H21FN2O2. The van der Waals surface area contributed by atoms with E-state index >= 15 is 0 Å². The second kappa shape index (κ2) is 6.69. The number of alkyl carbamates (subject to hydrolysis) is 1. The number of rotatable bonds is 3. The number of halogens is 1. The van der Waals surface area contributed by atoms with Crippen LogP contribution < -0.4 is 11.1 Å². The summed E-state index contributed by atoms with van der Waals surface area (Å²) in [6.07, 6.45) is -0.462. The van der Waals surface area contributed by atoms with Gasteiger partial charge in [0, 0.05) is 17.8 Å². The van der Waals surface area contributed by atoms with Gasteiger partial charge in [0.05, 0.1) is 0 Å². The van der Waals surface area contributed by atoms with Gasteiger partial charge in [-0.15, -0.1) is 0 Å². The van der Waals surface area contributed by atoms with Crippen LogP contribution in [0.3, 0.4) is 0 Å². The molecule has 3 N–H and O–H groups in total. The topological polar surface area (TPSA) is 64.3 Å².